The van der Waals surface area contributed by atoms with Crippen LogP contribution in [0.3, 0.4) is 0 Å². The molecule has 0 aromatic heterocycles. The summed E-state index contributed by atoms with van der Waals surface area (Å²) in [5, 5.41) is 9.84. The van der Waals surface area contributed by atoms with Crippen molar-refractivity contribution in [3.8, 4) is 0 Å². The van der Waals surface area contributed by atoms with E-state index in [0.717, 1.165) is 18.8 Å². The van der Waals surface area contributed by atoms with Gasteiger partial charge >= 0.3 is 0 Å². The zero-order valence-electron chi connectivity index (χ0n) is 8.89. The molecule has 1 aliphatic rings. The maximum Gasteiger partial charge on any atom is 0.0938 e. The highest BCUT2D eigenvalue weighted by Gasteiger charge is 2.21. The minimum Gasteiger partial charge on any atom is -0.387 e. The summed E-state index contributed by atoms with van der Waals surface area (Å²) in [5.41, 5.74) is 7.80. The van der Waals surface area contributed by atoms with E-state index in [1.54, 1.807) is 0 Å². The van der Waals surface area contributed by atoms with Crippen molar-refractivity contribution in [3.63, 3.8) is 0 Å². The number of rotatable bonds is 3. The predicted molar refractivity (Wildman–Crippen MR) is 58.6 cm³/mol. The van der Waals surface area contributed by atoms with E-state index in [1.165, 1.54) is 5.56 Å². The van der Waals surface area contributed by atoms with Gasteiger partial charge in [0.15, 0.2) is 0 Å². The van der Waals surface area contributed by atoms with E-state index in [-0.39, 0.29) is 6.04 Å². The van der Waals surface area contributed by atoms with E-state index in [2.05, 4.69) is 6.07 Å². The molecule has 0 bridgehead atoms. The Morgan fingerprint density at radius 3 is 2.73 bits per heavy atom. The molecule has 0 amide bonds. The molecule has 1 fully saturated rings. The SMILES string of the molecule is CC(N)C(O)c1cccc(C2COC2)c1. The summed E-state index contributed by atoms with van der Waals surface area (Å²) in [7, 11) is 0. The van der Waals surface area contributed by atoms with Gasteiger partial charge in [0, 0.05) is 12.0 Å². The Hall–Kier alpha value is -0.900. The zero-order chi connectivity index (χ0) is 10.8. The van der Waals surface area contributed by atoms with E-state index in [4.69, 9.17) is 10.5 Å². The lowest BCUT2D eigenvalue weighted by Crippen LogP contribution is -2.26. The molecular formula is C12H17NO2. The number of nitrogens with two attached hydrogens (primary N) is 1. The van der Waals surface area contributed by atoms with Crippen molar-refractivity contribution >= 4 is 0 Å². The highest BCUT2D eigenvalue weighted by molar-refractivity contribution is 5.29. The normalized spacial score (nSPS) is 20.7. The molecule has 2 rings (SSSR count). The predicted octanol–water partition coefficient (Wildman–Crippen LogP) is 1.18. The smallest absolute Gasteiger partial charge is 0.0938 e. The number of hydrogen-bond acceptors (Lipinski definition) is 3. The zero-order valence-corrected chi connectivity index (χ0v) is 8.89. The summed E-state index contributed by atoms with van der Waals surface area (Å²) in [6.45, 7) is 3.39. The van der Waals surface area contributed by atoms with Crippen molar-refractivity contribution in [1.29, 1.82) is 0 Å². The van der Waals surface area contributed by atoms with Gasteiger partial charge in [-0.1, -0.05) is 24.3 Å². The molecule has 82 valence electrons. The Morgan fingerprint density at radius 1 is 1.47 bits per heavy atom. The molecule has 2 unspecified atom stereocenters. The van der Waals surface area contributed by atoms with Crippen LogP contribution in [0, 0.1) is 0 Å². The molecule has 3 N–H and O–H groups in total. The maximum absolute atomic E-state index is 9.84. The van der Waals surface area contributed by atoms with Crippen LogP contribution in [0.25, 0.3) is 0 Å². The molecule has 1 aromatic rings. The fourth-order valence-corrected chi connectivity index (χ4v) is 1.73. The van der Waals surface area contributed by atoms with Crippen LogP contribution in [0.2, 0.25) is 0 Å². The number of aliphatic hydroxyl groups excluding tert-OH is 1. The summed E-state index contributed by atoms with van der Waals surface area (Å²) in [4.78, 5) is 0. The molecule has 0 spiro atoms. The first kappa shape index (κ1) is 10.6. The lowest BCUT2D eigenvalue weighted by Gasteiger charge is -2.27. The van der Waals surface area contributed by atoms with Crippen LogP contribution in [0.1, 0.15) is 30.1 Å². The number of benzene rings is 1. The third-order valence-corrected chi connectivity index (χ3v) is 2.86. The van der Waals surface area contributed by atoms with E-state index in [1.807, 2.05) is 25.1 Å². The molecule has 1 aromatic carbocycles. The lowest BCUT2D eigenvalue weighted by atomic mass is 9.93. The van der Waals surface area contributed by atoms with Gasteiger partial charge in [0.1, 0.15) is 0 Å². The molecule has 0 radical (unpaired) electrons. The fourth-order valence-electron chi connectivity index (χ4n) is 1.73. The highest BCUT2D eigenvalue weighted by Crippen LogP contribution is 2.26. The van der Waals surface area contributed by atoms with Crippen molar-refractivity contribution < 1.29 is 9.84 Å². The van der Waals surface area contributed by atoms with Gasteiger partial charge in [-0.3, -0.25) is 0 Å². The second kappa shape index (κ2) is 4.31. The van der Waals surface area contributed by atoms with Crippen LogP contribution < -0.4 is 5.73 Å². The fraction of sp³-hybridized carbons (Fsp3) is 0.500. The minimum absolute atomic E-state index is 0.238. The largest absolute Gasteiger partial charge is 0.387 e. The third-order valence-electron chi connectivity index (χ3n) is 2.86. The summed E-state index contributed by atoms with van der Waals surface area (Å²) in [6, 6.07) is 7.75. The summed E-state index contributed by atoms with van der Waals surface area (Å²) >= 11 is 0. The van der Waals surface area contributed by atoms with Crippen molar-refractivity contribution in [2.75, 3.05) is 13.2 Å². The number of ether oxygens (including phenoxy) is 1. The quantitative estimate of drug-likeness (QED) is 0.782. The Morgan fingerprint density at radius 2 is 2.20 bits per heavy atom. The van der Waals surface area contributed by atoms with Crippen molar-refractivity contribution in [2.24, 2.45) is 5.73 Å². The van der Waals surface area contributed by atoms with Gasteiger partial charge in [-0.05, 0) is 18.1 Å². The van der Waals surface area contributed by atoms with E-state index >= 15 is 0 Å². The minimum atomic E-state index is -0.578. The Balaban J connectivity index is 2.18. The summed E-state index contributed by atoms with van der Waals surface area (Å²) < 4.78 is 5.15. The van der Waals surface area contributed by atoms with Crippen LogP contribution in [-0.2, 0) is 4.74 Å². The Kier molecular flexibility index (Phi) is 3.05. The van der Waals surface area contributed by atoms with Gasteiger partial charge in [-0.15, -0.1) is 0 Å². The average molecular weight is 207 g/mol. The molecular weight excluding hydrogens is 190 g/mol. The van der Waals surface area contributed by atoms with Crippen LogP contribution in [0.4, 0.5) is 0 Å². The van der Waals surface area contributed by atoms with Crippen LogP contribution in [0.5, 0.6) is 0 Å². The van der Waals surface area contributed by atoms with Crippen molar-refractivity contribution in [1.82, 2.24) is 0 Å². The Labute approximate surface area is 89.9 Å². The highest BCUT2D eigenvalue weighted by atomic mass is 16.5. The third kappa shape index (κ3) is 2.20. The number of aliphatic hydroxyl groups is 1. The van der Waals surface area contributed by atoms with Gasteiger partial charge in [0.25, 0.3) is 0 Å². The summed E-state index contributed by atoms with van der Waals surface area (Å²) in [6.07, 6.45) is -0.578. The van der Waals surface area contributed by atoms with E-state index in [0.29, 0.717) is 5.92 Å². The van der Waals surface area contributed by atoms with Gasteiger partial charge in [-0.25, -0.2) is 0 Å². The second-order valence-electron chi connectivity index (χ2n) is 4.21. The molecule has 0 saturated carbocycles. The van der Waals surface area contributed by atoms with E-state index < -0.39 is 6.10 Å². The molecule has 0 aliphatic carbocycles. The maximum atomic E-state index is 9.84. The van der Waals surface area contributed by atoms with Gasteiger partial charge < -0.3 is 15.6 Å². The summed E-state index contributed by atoms with van der Waals surface area (Å²) in [5.74, 6) is 0.491. The first-order valence-corrected chi connectivity index (χ1v) is 5.29. The van der Waals surface area contributed by atoms with Crippen LogP contribution >= 0.6 is 0 Å². The van der Waals surface area contributed by atoms with Crippen LogP contribution in [0.15, 0.2) is 24.3 Å². The Bertz CT molecular complexity index is 334. The van der Waals surface area contributed by atoms with Gasteiger partial charge in [0.05, 0.1) is 19.3 Å². The monoisotopic (exact) mass is 207 g/mol. The van der Waals surface area contributed by atoms with Crippen molar-refractivity contribution in [2.45, 2.75) is 25.0 Å². The standard InChI is InChI=1S/C12H17NO2/c1-8(13)12(14)10-4-2-3-9(5-10)11-6-15-7-11/h2-5,8,11-12,14H,6-7,13H2,1H3. The lowest BCUT2D eigenvalue weighted by molar-refractivity contribution is 0.00830. The molecule has 3 heteroatoms. The second-order valence-corrected chi connectivity index (χ2v) is 4.21. The van der Waals surface area contributed by atoms with E-state index in [9.17, 15) is 5.11 Å². The molecule has 3 nitrogen and oxygen atoms in total. The average Bonchev–Trinajstić information content (AvgIpc) is 2.14. The first-order chi connectivity index (χ1) is 7.18. The molecule has 1 saturated heterocycles. The van der Waals surface area contributed by atoms with Crippen LogP contribution in [-0.4, -0.2) is 24.4 Å². The molecule has 2 atom stereocenters. The van der Waals surface area contributed by atoms with Gasteiger partial charge in [0.2, 0.25) is 0 Å². The molecule has 1 heterocycles. The number of hydrogen-bond donors (Lipinski definition) is 2. The van der Waals surface area contributed by atoms with Gasteiger partial charge in [-0.2, -0.15) is 0 Å². The van der Waals surface area contributed by atoms with Crippen molar-refractivity contribution in [3.05, 3.63) is 35.4 Å². The first-order valence-electron chi connectivity index (χ1n) is 5.29. The molecule has 1 aliphatic heterocycles. The molecule has 15 heavy (non-hydrogen) atoms. The topological polar surface area (TPSA) is 55.5 Å².